The second-order valence-electron chi connectivity index (χ2n) is 7.41. The van der Waals surface area contributed by atoms with Crippen molar-refractivity contribution in [3.8, 4) is 16.2 Å². The van der Waals surface area contributed by atoms with E-state index < -0.39 is 5.97 Å². The van der Waals surface area contributed by atoms with Gasteiger partial charge in [-0.3, -0.25) is 4.79 Å². The van der Waals surface area contributed by atoms with E-state index in [-0.39, 0.29) is 17.9 Å². The molecule has 29 heavy (non-hydrogen) atoms. The van der Waals surface area contributed by atoms with Gasteiger partial charge in [-0.2, -0.15) is 0 Å². The van der Waals surface area contributed by atoms with Gasteiger partial charge in [0.25, 0.3) is 5.91 Å². The molecule has 0 spiro atoms. The maximum absolute atomic E-state index is 12.5. The van der Waals surface area contributed by atoms with E-state index in [9.17, 15) is 9.59 Å². The first kappa shape index (κ1) is 21.1. The molecule has 0 atom stereocenters. The summed E-state index contributed by atoms with van der Waals surface area (Å²) in [6.07, 6.45) is 0. The largest absolute Gasteiger partial charge is 0.483 e. The van der Waals surface area contributed by atoms with Crippen LogP contribution in [0.3, 0.4) is 0 Å². The van der Waals surface area contributed by atoms with Crippen LogP contribution in [0.5, 0.6) is 5.75 Å². The normalized spacial score (nSPS) is 11.2. The minimum absolute atomic E-state index is 0.103. The fourth-order valence-corrected chi connectivity index (χ4v) is 4.67. The molecule has 1 amide bonds. The van der Waals surface area contributed by atoms with E-state index in [1.54, 1.807) is 0 Å². The molecule has 152 valence electrons. The number of rotatable bonds is 6. The Morgan fingerprint density at radius 3 is 2.48 bits per heavy atom. The van der Waals surface area contributed by atoms with Gasteiger partial charge in [0.15, 0.2) is 6.61 Å². The molecule has 0 radical (unpaired) electrons. The minimum Gasteiger partial charge on any atom is -0.483 e. The number of carbonyl (C=O) groups excluding carboxylic acids is 2. The summed E-state index contributed by atoms with van der Waals surface area (Å²) in [5.74, 6) is -0.142. The number of esters is 1. The quantitative estimate of drug-likeness (QED) is 0.520. The molecule has 7 heteroatoms. The van der Waals surface area contributed by atoms with Crippen molar-refractivity contribution in [2.45, 2.75) is 26.2 Å². The molecule has 0 aliphatic heterocycles. The third-order valence-electron chi connectivity index (χ3n) is 4.27. The summed E-state index contributed by atoms with van der Waals surface area (Å²) >= 11 is 2.82. The summed E-state index contributed by atoms with van der Waals surface area (Å²) in [5.41, 5.74) is 2.04. The number of anilines is 1. The number of thiophene rings is 2. The number of amides is 1. The highest BCUT2D eigenvalue weighted by molar-refractivity contribution is 7.17. The molecule has 0 aliphatic carbocycles. The molecule has 2 aromatic heterocycles. The van der Waals surface area contributed by atoms with E-state index in [1.165, 1.54) is 29.8 Å². The lowest BCUT2D eigenvalue weighted by molar-refractivity contribution is -0.118. The molecule has 0 bridgehead atoms. The van der Waals surface area contributed by atoms with Crippen LogP contribution in [0.4, 0.5) is 5.00 Å². The first-order valence-electron chi connectivity index (χ1n) is 9.07. The third-order valence-corrected chi connectivity index (χ3v) is 6.07. The van der Waals surface area contributed by atoms with E-state index >= 15 is 0 Å². The average Bonchev–Trinajstić information content (AvgIpc) is 3.35. The van der Waals surface area contributed by atoms with Gasteiger partial charge in [0.1, 0.15) is 16.3 Å². The van der Waals surface area contributed by atoms with Crippen molar-refractivity contribution in [3.63, 3.8) is 0 Å². The van der Waals surface area contributed by atoms with E-state index in [4.69, 9.17) is 9.47 Å². The zero-order valence-corrected chi connectivity index (χ0v) is 18.4. The highest BCUT2D eigenvalue weighted by atomic mass is 32.1. The van der Waals surface area contributed by atoms with Gasteiger partial charge in [-0.1, -0.05) is 45.0 Å². The highest BCUT2D eigenvalue weighted by Crippen LogP contribution is 2.38. The van der Waals surface area contributed by atoms with Crippen LogP contribution in [0.15, 0.2) is 47.2 Å². The number of hydrogen-bond acceptors (Lipinski definition) is 6. The van der Waals surface area contributed by atoms with Crippen molar-refractivity contribution >= 4 is 39.6 Å². The summed E-state index contributed by atoms with van der Waals surface area (Å²) in [6.45, 7) is 6.13. The molecular formula is C22H23NO4S2. The van der Waals surface area contributed by atoms with Gasteiger partial charge in [-0.15, -0.1) is 22.7 Å². The van der Waals surface area contributed by atoms with Crippen LogP contribution in [0, 0.1) is 0 Å². The lowest BCUT2D eigenvalue weighted by Gasteiger charge is -2.22. The molecule has 0 fully saturated rings. The summed E-state index contributed by atoms with van der Waals surface area (Å²) in [6, 6.07) is 11.5. The molecule has 3 aromatic rings. The van der Waals surface area contributed by atoms with E-state index in [0.29, 0.717) is 16.3 Å². The van der Waals surface area contributed by atoms with Crippen LogP contribution in [-0.4, -0.2) is 25.6 Å². The molecule has 5 nitrogen and oxygen atoms in total. The van der Waals surface area contributed by atoms with Gasteiger partial charge in [0, 0.05) is 15.8 Å². The first-order chi connectivity index (χ1) is 13.8. The Bertz CT molecular complexity index is 1000. The summed E-state index contributed by atoms with van der Waals surface area (Å²) in [5, 5.41) is 7.04. The number of nitrogens with one attached hydrogen (secondary N) is 1. The van der Waals surface area contributed by atoms with Gasteiger partial charge in [-0.25, -0.2) is 4.79 Å². The van der Waals surface area contributed by atoms with Crippen LogP contribution >= 0.6 is 22.7 Å². The number of methoxy groups -OCH3 is 1. The van der Waals surface area contributed by atoms with E-state index in [2.05, 4.69) is 26.1 Å². The van der Waals surface area contributed by atoms with Crippen LogP contribution in [0.1, 0.15) is 36.7 Å². The Labute approximate surface area is 178 Å². The number of para-hydroxylation sites is 1. The molecule has 1 N–H and O–H groups in total. The van der Waals surface area contributed by atoms with Gasteiger partial charge >= 0.3 is 5.97 Å². The van der Waals surface area contributed by atoms with Crippen molar-refractivity contribution in [1.82, 2.24) is 0 Å². The second kappa shape index (κ2) is 8.80. The zero-order valence-electron chi connectivity index (χ0n) is 16.8. The molecule has 0 aliphatic rings. The van der Waals surface area contributed by atoms with Crippen LogP contribution in [0.25, 0.3) is 10.4 Å². The smallest absolute Gasteiger partial charge is 0.341 e. The third kappa shape index (κ3) is 4.86. The van der Waals surface area contributed by atoms with Crippen molar-refractivity contribution in [2.75, 3.05) is 19.0 Å². The Kier molecular flexibility index (Phi) is 6.39. The molecule has 3 rings (SSSR count). The average molecular weight is 430 g/mol. The van der Waals surface area contributed by atoms with E-state index in [0.717, 1.165) is 16.0 Å². The lowest BCUT2D eigenvalue weighted by Crippen LogP contribution is -2.22. The molecule has 0 saturated heterocycles. The van der Waals surface area contributed by atoms with Crippen LogP contribution in [0.2, 0.25) is 0 Å². The standard InChI is InChI=1S/C22H23NO4S2/c1-22(2,3)15-8-5-6-9-16(15)27-12-18(24)23-20-19(21(25)26-4)14(13-29-20)17-10-7-11-28-17/h5-11,13H,12H2,1-4H3,(H,23,24). The van der Waals surface area contributed by atoms with E-state index in [1.807, 2.05) is 47.2 Å². The van der Waals surface area contributed by atoms with Crippen molar-refractivity contribution in [1.29, 1.82) is 0 Å². The number of carbonyl (C=O) groups is 2. The topological polar surface area (TPSA) is 64.6 Å². The Morgan fingerprint density at radius 2 is 1.83 bits per heavy atom. The first-order valence-corrected chi connectivity index (χ1v) is 10.8. The number of hydrogen-bond donors (Lipinski definition) is 1. The lowest BCUT2D eigenvalue weighted by atomic mass is 9.86. The Hall–Kier alpha value is -2.64. The van der Waals surface area contributed by atoms with Crippen molar-refractivity contribution < 1.29 is 19.1 Å². The molecular weight excluding hydrogens is 406 g/mol. The highest BCUT2D eigenvalue weighted by Gasteiger charge is 2.23. The van der Waals surface area contributed by atoms with Gasteiger partial charge in [-0.05, 0) is 28.5 Å². The number of benzene rings is 1. The SMILES string of the molecule is COC(=O)c1c(-c2cccs2)csc1NC(=O)COc1ccccc1C(C)(C)C. The second-order valence-corrected chi connectivity index (χ2v) is 9.23. The fourth-order valence-electron chi connectivity index (χ4n) is 2.89. The van der Waals surface area contributed by atoms with Gasteiger partial charge < -0.3 is 14.8 Å². The Morgan fingerprint density at radius 1 is 1.07 bits per heavy atom. The maximum atomic E-state index is 12.5. The number of ether oxygens (including phenoxy) is 2. The summed E-state index contributed by atoms with van der Waals surface area (Å²) in [4.78, 5) is 25.8. The van der Waals surface area contributed by atoms with Crippen LogP contribution in [-0.2, 0) is 14.9 Å². The fraction of sp³-hybridized carbons (Fsp3) is 0.273. The Balaban J connectivity index is 1.76. The van der Waals surface area contributed by atoms with Crippen molar-refractivity contribution in [2.24, 2.45) is 0 Å². The van der Waals surface area contributed by atoms with Gasteiger partial charge in [0.2, 0.25) is 0 Å². The van der Waals surface area contributed by atoms with Crippen LogP contribution < -0.4 is 10.1 Å². The molecule has 2 heterocycles. The maximum Gasteiger partial charge on any atom is 0.341 e. The molecule has 0 saturated carbocycles. The molecule has 0 unspecified atom stereocenters. The summed E-state index contributed by atoms with van der Waals surface area (Å²) < 4.78 is 10.7. The monoisotopic (exact) mass is 429 g/mol. The minimum atomic E-state index is -0.482. The molecule has 1 aromatic carbocycles. The summed E-state index contributed by atoms with van der Waals surface area (Å²) in [7, 11) is 1.33. The predicted molar refractivity (Wildman–Crippen MR) is 118 cm³/mol. The van der Waals surface area contributed by atoms with Crippen molar-refractivity contribution in [3.05, 3.63) is 58.3 Å². The predicted octanol–water partition coefficient (Wildman–Crippen LogP) is 5.58. The zero-order chi connectivity index (χ0) is 21.0. The van der Waals surface area contributed by atoms with Gasteiger partial charge in [0.05, 0.1) is 7.11 Å².